The largest absolute Gasteiger partial charge is 0.390 e. The number of likely N-dealkylation sites (N-methyl/N-ethyl adjacent to an activating group) is 1. The van der Waals surface area contributed by atoms with Crippen molar-refractivity contribution in [2.75, 3.05) is 25.2 Å². The molecule has 1 aromatic carbocycles. The lowest BCUT2D eigenvalue weighted by molar-refractivity contribution is -0.138. The molecule has 8 nitrogen and oxygen atoms in total. The number of rotatable bonds is 5. The van der Waals surface area contributed by atoms with Crippen LogP contribution in [0.1, 0.15) is 11.4 Å². The number of amides is 1. The zero-order valence-electron chi connectivity index (χ0n) is 14.1. The molecule has 1 aliphatic heterocycles. The van der Waals surface area contributed by atoms with Crippen LogP contribution < -0.4 is 0 Å². The van der Waals surface area contributed by atoms with E-state index in [1.54, 1.807) is 0 Å². The molecule has 2 atom stereocenters. The molecule has 1 aliphatic rings. The van der Waals surface area contributed by atoms with Crippen molar-refractivity contribution in [2.24, 2.45) is 0 Å². The summed E-state index contributed by atoms with van der Waals surface area (Å²) in [5.41, 5.74) is 2.85. The first-order valence-electron chi connectivity index (χ1n) is 7.92. The predicted octanol–water partition coefficient (Wildman–Crippen LogP) is 0.00422. The third kappa shape index (κ3) is 4.00. The number of sulfone groups is 1. The van der Waals surface area contributed by atoms with Crippen molar-refractivity contribution in [3.63, 3.8) is 0 Å². The highest BCUT2D eigenvalue weighted by atomic mass is 32.2. The second-order valence-corrected chi connectivity index (χ2v) is 8.57. The molecule has 2 aromatic rings. The molecule has 1 fully saturated rings. The number of hydrogen-bond donors (Lipinski definition) is 2. The molecule has 2 heterocycles. The number of carbonyl (C=O) groups excluding carboxylic acids is 1. The van der Waals surface area contributed by atoms with Gasteiger partial charge in [0.05, 0.1) is 34.7 Å². The van der Waals surface area contributed by atoms with E-state index < -0.39 is 22.0 Å². The molecule has 1 saturated heterocycles. The minimum absolute atomic E-state index is 0.138. The Morgan fingerprint density at radius 2 is 2.20 bits per heavy atom. The van der Waals surface area contributed by atoms with Crippen LogP contribution in [0.3, 0.4) is 0 Å². The zero-order chi connectivity index (χ0) is 18.2. The van der Waals surface area contributed by atoms with E-state index in [2.05, 4.69) is 9.97 Å². The summed E-state index contributed by atoms with van der Waals surface area (Å²) < 4.78 is 28.5. The lowest BCUT2D eigenvalue weighted by Gasteiger charge is -2.25. The van der Waals surface area contributed by atoms with Crippen molar-refractivity contribution >= 4 is 26.8 Å². The van der Waals surface area contributed by atoms with Gasteiger partial charge in [0.25, 0.3) is 0 Å². The number of nitrogens with zero attached hydrogens (tertiary/aromatic N) is 2. The van der Waals surface area contributed by atoms with Gasteiger partial charge in [-0.05, 0) is 24.6 Å². The molecule has 0 radical (unpaired) electrons. The molecule has 3 rings (SSSR count). The standard InChI is InChI=1S/C16H21N3O5S/c1-10-3-4-11-12(5-10)18-15(17-11)6-24-7-16(21)19(2)13-8-25(22,23)9-14(13)20/h3-5,13-14,20H,6-9H2,1-2H3,(H,17,18)/t13-,14-/m1/s1. The highest BCUT2D eigenvalue weighted by Gasteiger charge is 2.40. The Balaban J connectivity index is 1.55. The fraction of sp³-hybridized carbons (Fsp3) is 0.500. The van der Waals surface area contributed by atoms with Gasteiger partial charge in [-0.1, -0.05) is 6.07 Å². The van der Waals surface area contributed by atoms with E-state index in [9.17, 15) is 18.3 Å². The fourth-order valence-corrected chi connectivity index (χ4v) is 4.79. The molecule has 0 bridgehead atoms. The van der Waals surface area contributed by atoms with Gasteiger partial charge in [-0.2, -0.15) is 0 Å². The number of nitrogens with one attached hydrogen (secondary N) is 1. The molecule has 0 unspecified atom stereocenters. The Bertz CT molecular complexity index is 892. The van der Waals surface area contributed by atoms with Crippen molar-refractivity contribution in [3.05, 3.63) is 29.6 Å². The Kier molecular flexibility index (Phi) is 4.81. The smallest absolute Gasteiger partial charge is 0.248 e. The first-order valence-corrected chi connectivity index (χ1v) is 9.74. The maximum absolute atomic E-state index is 12.2. The number of ether oxygens (including phenoxy) is 1. The van der Waals surface area contributed by atoms with Crippen molar-refractivity contribution in [2.45, 2.75) is 25.7 Å². The average molecular weight is 367 g/mol. The number of aromatic amines is 1. The first kappa shape index (κ1) is 17.8. The number of benzene rings is 1. The van der Waals surface area contributed by atoms with Gasteiger partial charge in [0, 0.05) is 7.05 Å². The number of fused-ring (bicyclic) bond motifs is 1. The molecular formula is C16H21N3O5S. The minimum atomic E-state index is -3.30. The molecular weight excluding hydrogens is 346 g/mol. The summed E-state index contributed by atoms with van der Waals surface area (Å²) in [5, 5.41) is 9.82. The molecule has 136 valence electrons. The van der Waals surface area contributed by atoms with Crippen LogP contribution in [0.2, 0.25) is 0 Å². The molecule has 2 N–H and O–H groups in total. The van der Waals surface area contributed by atoms with E-state index in [0.717, 1.165) is 16.6 Å². The lowest BCUT2D eigenvalue weighted by atomic mass is 10.2. The Hall–Kier alpha value is -1.97. The van der Waals surface area contributed by atoms with E-state index in [0.29, 0.717) is 5.82 Å². The maximum Gasteiger partial charge on any atom is 0.248 e. The van der Waals surface area contributed by atoms with Gasteiger partial charge in [0.15, 0.2) is 9.84 Å². The topological polar surface area (TPSA) is 113 Å². The van der Waals surface area contributed by atoms with Crippen LogP contribution in [0.25, 0.3) is 11.0 Å². The summed E-state index contributed by atoms with van der Waals surface area (Å²) in [6.45, 7) is 1.91. The molecule has 25 heavy (non-hydrogen) atoms. The lowest BCUT2D eigenvalue weighted by Crippen LogP contribution is -2.45. The van der Waals surface area contributed by atoms with E-state index in [1.807, 2.05) is 25.1 Å². The van der Waals surface area contributed by atoms with Gasteiger partial charge < -0.3 is 19.7 Å². The van der Waals surface area contributed by atoms with Gasteiger partial charge in [-0.3, -0.25) is 4.79 Å². The van der Waals surface area contributed by atoms with Crippen LogP contribution in [0.5, 0.6) is 0 Å². The number of aliphatic hydroxyl groups excluding tert-OH is 1. The summed E-state index contributed by atoms with van der Waals surface area (Å²) in [6.07, 6.45) is -1.06. The van der Waals surface area contributed by atoms with Gasteiger partial charge >= 0.3 is 0 Å². The third-order valence-corrected chi connectivity index (χ3v) is 6.03. The highest BCUT2D eigenvalue weighted by Crippen LogP contribution is 2.18. The van der Waals surface area contributed by atoms with Crippen LogP contribution >= 0.6 is 0 Å². The zero-order valence-corrected chi connectivity index (χ0v) is 14.9. The molecule has 1 aromatic heterocycles. The van der Waals surface area contributed by atoms with Crippen LogP contribution in [0.4, 0.5) is 0 Å². The summed E-state index contributed by atoms with van der Waals surface area (Å²) in [7, 11) is -1.83. The third-order valence-electron chi connectivity index (χ3n) is 4.34. The fourth-order valence-electron chi connectivity index (χ4n) is 2.95. The second kappa shape index (κ2) is 6.74. The summed E-state index contributed by atoms with van der Waals surface area (Å²) in [6, 6.07) is 5.13. The summed E-state index contributed by atoms with van der Waals surface area (Å²) in [4.78, 5) is 20.9. The number of carbonyl (C=O) groups is 1. The number of H-pyrrole nitrogens is 1. The Morgan fingerprint density at radius 1 is 1.44 bits per heavy atom. The van der Waals surface area contributed by atoms with Crippen LogP contribution in [-0.4, -0.2) is 71.6 Å². The molecule has 9 heteroatoms. The minimum Gasteiger partial charge on any atom is -0.390 e. The van der Waals surface area contributed by atoms with E-state index in [1.165, 1.54) is 11.9 Å². The van der Waals surface area contributed by atoms with Crippen molar-refractivity contribution in [1.29, 1.82) is 0 Å². The van der Waals surface area contributed by atoms with E-state index in [-0.39, 0.29) is 30.6 Å². The number of aromatic nitrogens is 2. The van der Waals surface area contributed by atoms with Crippen LogP contribution in [0, 0.1) is 6.92 Å². The van der Waals surface area contributed by atoms with Crippen molar-refractivity contribution < 1.29 is 23.1 Å². The molecule has 0 spiro atoms. The SMILES string of the molecule is Cc1ccc2nc(COCC(=O)N(C)[C@@H]3CS(=O)(=O)C[C@H]3O)[nH]c2c1. The molecule has 0 aliphatic carbocycles. The quantitative estimate of drug-likeness (QED) is 0.769. The van der Waals surface area contributed by atoms with Gasteiger partial charge in [0.2, 0.25) is 5.91 Å². The number of imidazole rings is 1. The number of aryl methyl sites for hydroxylation is 1. The average Bonchev–Trinajstić information content (AvgIpc) is 3.05. The van der Waals surface area contributed by atoms with Gasteiger partial charge in [0.1, 0.15) is 19.0 Å². The summed E-state index contributed by atoms with van der Waals surface area (Å²) >= 11 is 0. The Labute approximate surface area is 145 Å². The van der Waals surface area contributed by atoms with Crippen molar-refractivity contribution in [1.82, 2.24) is 14.9 Å². The van der Waals surface area contributed by atoms with Gasteiger partial charge in [-0.15, -0.1) is 0 Å². The molecule has 1 amide bonds. The maximum atomic E-state index is 12.2. The monoisotopic (exact) mass is 367 g/mol. The normalized spacial score (nSPS) is 22.4. The van der Waals surface area contributed by atoms with Gasteiger partial charge in [-0.25, -0.2) is 13.4 Å². The number of aliphatic hydroxyl groups is 1. The summed E-state index contributed by atoms with van der Waals surface area (Å²) in [5.74, 6) is -0.305. The molecule has 0 saturated carbocycles. The van der Waals surface area contributed by atoms with E-state index >= 15 is 0 Å². The number of hydrogen-bond acceptors (Lipinski definition) is 6. The highest BCUT2D eigenvalue weighted by molar-refractivity contribution is 7.91. The Morgan fingerprint density at radius 3 is 2.88 bits per heavy atom. The van der Waals surface area contributed by atoms with E-state index in [4.69, 9.17) is 4.74 Å². The predicted molar refractivity (Wildman–Crippen MR) is 91.7 cm³/mol. The van der Waals surface area contributed by atoms with Crippen molar-refractivity contribution in [3.8, 4) is 0 Å². The van der Waals surface area contributed by atoms with Crippen LogP contribution in [-0.2, 0) is 26.0 Å². The second-order valence-electron chi connectivity index (χ2n) is 6.41. The first-order chi connectivity index (χ1) is 11.7. The van der Waals surface area contributed by atoms with Crippen LogP contribution in [0.15, 0.2) is 18.2 Å².